The molecule has 98 valence electrons. The van der Waals surface area contributed by atoms with Gasteiger partial charge in [0.2, 0.25) is 0 Å². The zero-order valence-corrected chi connectivity index (χ0v) is 11.5. The second-order valence-electron chi connectivity index (χ2n) is 4.94. The molecule has 2 rings (SSSR count). The Morgan fingerprint density at radius 3 is 2.89 bits per heavy atom. The van der Waals surface area contributed by atoms with E-state index in [1.54, 1.807) is 0 Å². The van der Waals surface area contributed by atoms with Crippen molar-refractivity contribution in [1.29, 1.82) is 0 Å². The lowest BCUT2D eigenvalue weighted by Crippen LogP contribution is -2.31. The Morgan fingerprint density at radius 1 is 1.50 bits per heavy atom. The fraction of sp³-hybridized carbons (Fsp3) is 0.500. The highest BCUT2D eigenvalue weighted by atomic mass is 35.5. The highest BCUT2D eigenvalue weighted by Gasteiger charge is 2.22. The predicted octanol–water partition coefficient (Wildman–Crippen LogP) is 2.37. The maximum absolute atomic E-state index is 12.1. The minimum atomic E-state index is -0.152. The molecule has 1 aromatic rings. The normalized spacial score (nSPS) is 16.9. The van der Waals surface area contributed by atoms with Crippen LogP contribution in [0.1, 0.15) is 25.0 Å². The van der Waals surface area contributed by atoms with Crippen molar-refractivity contribution >= 4 is 17.4 Å². The van der Waals surface area contributed by atoms with Gasteiger partial charge >= 0.3 is 0 Å². The fourth-order valence-electron chi connectivity index (χ4n) is 2.12. The third-order valence-corrected chi connectivity index (χ3v) is 3.70. The summed E-state index contributed by atoms with van der Waals surface area (Å²) in [5.74, 6) is 0.815. The molecule has 18 heavy (non-hydrogen) atoms. The van der Waals surface area contributed by atoms with Gasteiger partial charge in [0.1, 0.15) is 11.5 Å². The lowest BCUT2D eigenvalue weighted by atomic mass is 9.93. The first-order valence-electron chi connectivity index (χ1n) is 6.21. The van der Waals surface area contributed by atoms with E-state index in [0.717, 1.165) is 23.3 Å². The molecule has 0 saturated carbocycles. The average Bonchev–Trinajstić information content (AvgIpc) is 2.75. The highest BCUT2D eigenvalue weighted by molar-refractivity contribution is 6.30. The summed E-state index contributed by atoms with van der Waals surface area (Å²) < 4.78 is 5.58. The van der Waals surface area contributed by atoms with Gasteiger partial charge in [-0.25, -0.2) is 0 Å². The van der Waals surface area contributed by atoms with Gasteiger partial charge in [-0.05, 0) is 24.6 Å². The summed E-state index contributed by atoms with van der Waals surface area (Å²) in [7, 11) is 0. The largest absolute Gasteiger partial charge is 0.493 e. The van der Waals surface area contributed by atoms with E-state index < -0.39 is 0 Å². The van der Waals surface area contributed by atoms with Crippen LogP contribution in [0.4, 0.5) is 0 Å². The van der Waals surface area contributed by atoms with Crippen LogP contribution in [0.15, 0.2) is 12.1 Å². The molecule has 2 N–H and O–H groups in total. The summed E-state index contributed by atoms with van der Waals surface area (Å²) in [6.45, 7) is 4.37. The molecule has 3 nitrogen and oxygen atoms in total. The van der Waals surface area contributed by atoms with Crippen LogP contribution in [0, 0.1) is 5.92 Å². The second kappa shape index (κ2) is 5.29. The van der Waals surface area contributed by atoms with Gasteiger partial charge in [0, 0.05) is 35.4 Å². The van der Waals surface area contributed by atoms with Crippen molar-refractivity contribution in [2.45, 2.75) is 32.7 Å². The molecule has 1 aromatic carbocycles. The van der Waals surface area contributed by atoms with E-state index in [0.29, 0.717) is 18.1 Å². The number of fused-ring (bicyclic) bond motifs is 1. The van der Waals surface area contributed by atoms with Gasteiger partial charge in [-0.15, -0.1) is 0 Å². The van der Waals surface area contributed by atoms with E-state index in [4.69, 9.17) is 22.1 Å². The maximum atomic E-state index is 12.1. The van der Waals surface area contributed by atoms with Crippen LogP contribution >= 0.6 is 11.6 Å². The van der Waals surface area contributed by atoms with E-state index in [1.165, 1.54) is 0 Å². The summed E-state index contributed by atoms with van der Waals surface area (Å²) in [5, 5.41) is 0.663. The van der Waals surface area contributed by atoms with Gasteiger partial charge in [-0.2, -0.15) is 0 Å². The van der Waals surface area contributed by atoms with Gasteiger partial charge < -0.3 is 10.5 Å². The van der Waals surface area contributed by atoms with Crippen LogP contribution in [0.5, 0.6) is 5.75 Å². The van der Waals surface area contributed by atoms with Gasteiger partial charge in [-0.1, -0.05) is 18.5 Å². The van der Waals surface area contributed by atoms with Crippen LogP contribution < -0.4 is 10.5 Å². The molecule has 1 heterocycles. The topological polar surface area (TPSA) is 52.3 Å². The number of ether oxygens (including phenoxy) is 1. The number of ketones is 1. The zero-order chi connectivity index (χ0) is 13.3. The summed E-state index contributed by atoms with van der Waals surface area (Å²) in [4.78, 5) is 12.1. The van der Waals surface area contributed by atoms with Crippen LogP contribution in [-0.2, 0) is 17.6 Å². The number of carbonyl (C=O) groups is 1. The lowest BCUT2D eigenvalue weighted by Gasteiger charge is -2.15. The van der Waals surface area contributed by atoms with E-state index in [2.05, 4.69) is 0 Å². The Labute approximate surface area is 112 Å². The number of hydrogen-bond donors (Lipinski definition) is 1. The van der Waals surface area contributed by atoms with Crippen LogP contribution in [0.25, 0.3) is 0 Å². The molecule has 0 aliphatic carbocycles. The average molecular weight is 268 g/mol. The smallest absolute Gasteiger partial charge is 0.141 e. The van der Waals surface area contributed by atoms with Crippen LogP contribution in [0.3, 0.4) is 0 Å². The number of nitrogens with two attached hydrogens (primary N) is 1. The Kier molecular flexibility index (Phi) is 3.93. The fourth-order valence-corrected chi connectivity index (χ4v) is 2.38. The molecule has 0 fully saturated rings. The molecule has 1 aliphatic rings. The summed E-state index contributed by atoms with van der Waals surface area (Å²) in [6.07, 6.45) is 1.20. The van der Waals surface area contributed by atoms with Crippen molar-refractivity contribution in [2.24, 2.45) is 11.7 Å². The zero-order valence-electron chi connectivity index (χ0n) is 10.7. The number of carbonyl (C=O) groups excluding carboxylic acids is 1. The van der Waals surface area contributed by atoms with Crippen molar-refractivity contribution in [2.75, 3.05) is 6.61 Å². The molecule has 0 aromatic heterocycles. The van der Waals surface area contributed by atoms with Crippen molar-refractivity contribution in [1.82, 2.24) is 0 Å². The van der Waals surface area contributed by atoms with Crippen LogP contribution in [-0.4, -0.2) is 18.4 Å². The van der Waals surface area contributed by atoms with Crippen molar-refractivity contribution in [3.8, 4) is 5.75 Å². The minimum absolute atomic E-state index is 0.130. The van der Waals surface area contributed by atoms with Gasteiger partial charge in [0.05, 0.1) is 6.61 Å². The molecule has 2 unspecified atom stereocenters. The number of rotatable bonds is 4. The molecule has 0 bridgehead atoms. The number of benzene rings is 1. The summed E-state index contributed by atoms with van der Waals surface area (Å²) in [6, 6.07) is 3.59. The monoisotopic (exact) mass is 267 g/mol. The Hall–Kier alpha value is -1.06. The molecule has 0 radical (unpaired) electrons. The Balaban J connectivity index is 2.22. The second-order valence-corrected chi connectivity index (χ2v) is 5.38. The number of hydrogen-bond acceptors (Lipinski definition) is 3. The molecular weight excluding hydrogens is 250 g/mol. The Morgan fingerprint density at radius 2 is 2.22 bits per heavy atom. The first kappa shape index (κ1) is 13.4. The maximum Gasteiger partial charge on any atom is 0.141 e. The predicted molar refractivity (Wildman–Crippen MR) is 72.2 cm³/mol. The van der Waals surface area contributed by atoms with E-state index in [1.807, 2.05) is 26.0 Å². The summed E-state index contributed by atoms with van der Waals surface area (Å²) >= 11 is 6.06. The number of halogens is 1. The third-order valence-electron chi connectivity index (χ3n) is 3.49. The third kappa shape index (κ3) is 2.68. The SMILES string of the molecule is CC(N)C(C)C(=O)Cc1cc(Cl)cc2c1OCC2. The van der Waals surface area contributed by atoms with Crippen molar-refractivity contribution in [3.05, 3.63) is 28.3 Å². The van der Waals surface area contributed by atoms with Crippen molar-refractivity contribution < 1.29 is 9.53 Å². The summed E-state index contributed by atoms with van der Waals surface area (Å²) in [5.41, 5.74) is 7.73. The molecular formula is C14H18ClNO2. The molecule has 2 atom stereocenters. The highest BCUT2D eigenvalue weighted by Crippen LogP contribution is 2.33. The minimum Gasteiger partial charge on any atom is -0.493 e. The quantitative estimate of drug-likeness (QED) is 0.911. The molecule has 1 aliphatic heterocycles. The van der Waals surface area contributed by atoms with E-state index in [9.17, 15) is 4.79 Å². The van der Waals surface area contributed by atoms with Gasteiger partial charge in [0.25, 0.3) is 0 Å². The van der Waals surface area contributed by atoms with Crippen LogP contribution in [0.2, 0.25) is 5.02 Å². The van der Waals surface area contributed by atoms with Gasteiger partial charge in [0.15, 0.2) is 0 Å². The first-order chi connectivity index (χ1) is 8.49. The Bertz CT molecular complexity index is 471. The van der Waals surface area contributed by atoms with E-state index in [-0.39, 0.29) is 17.7 Å². The standard InChI is InChI=1S/C14H18ClNO2/c1-8(9(2)16)13(17)7-11-6-12(15)5-10-3-4-18-14(10)11/h5-6,8-9H,3-4,7,16H2,1-2H3. The number of Topliss-reactive ketones (excluding diaryl/α,β-unsaturated/α-hetero) is 1. The first-order valence-corrected chi connectivity index (χ1v) is 6.59. The van der Waals surface area contributed by atoms with Gasteiger partial charge in [-0.3, -0.25) is 4.79 Å². The molecule has 0 saturated heterocycles. The molecule has 0 spiro atoms. The lowest BCUT2D eigenvalue weighted by molar-refractivity contribution is -0.122. The van der Waals surface area contributed by atoms with Crippen molar-refractivity contribution in [3.63, 3.8) is 0 Å². The molecule has 0 amide bonds. The molecule has 4 heteroatoms. The van der Waals surface area contributed by atoms with E-state index >= 15 is 0 Å².